The third-order valence-corrected chi connectivity index (χ3v) is 8.07. The fourth-order valence-corrected chi connectivity index (χ4v) is 5.83. The molecular formula is C26H34FN3O2. The Morgan fingerprint density at radius 2 is 2.03 bits per heavy atom. The van der Waals surface area contributed by atoms with Gasteiger partial charge in [-0.1, -0.05) is 31.6 Å². The van der Waals surface area contributed by atoms with Crippen LogP contribution in [0.1, 0.15) is 79.8 Å². The number of allylic oxidation sites excluding steroid dienone is 1. The van der Waals surface area contributed by atoms with Gasteiger partial charge < -0.3 is 15.5 Å². The quantitative estimate of drug-likeness (QED) is 0.704. The van der Waals surface area contributed by atoms with Gasteiger partial charge in [-0.3, -0.25) is 9.59 Å². The Bertz CT molecular complexity index is 941. The molecule has 2 heterocycles. The molecule has 1 unspecified atom stereocenters. The van der Waals surface area contributed by atoms with Gasteiger partial charge in [0.2, 0.25) is 5.91 Å². The highest BCUT2D eigenvalue weighted by molar-refractivity contribution is 6.01. The van der Waals surface area contributed by atoms with Gasteiger partial charge in [0.15, 0.2) is 0 Å². The number of halogens is 1. The molecule has 4 atom stereocenters. The molecule has 172 valence electrons. The minimum atomic E-state index is -1.00. The number of carbonyl (C=O) groups excluding carboxylic acids is 2. The van der Waals surface area contributed by atoms with Gasteiger partial charge in [-0.05, 0) is 75.0 Å². The molecule has 4 aliphatic rings. The van der Waals surface area contributed by atoms with E-state index < -0.39 is 11.7 Å². The van der Waals surface area contributed by atoms with Crippen molar-refractivity contribution in [3.8, 4) is 0 Å². The molecule has 6 heteroatoms. The van der Waals surface area contributed by atoms with E-state index in [-0.39, 0.29) is 17.9 Å². The van der Waals surface area contributed by atoms with Crippen molar-refractivity contribution in [1.29, 1.82) is 0 Å². The molecule has 0 aromatic heterocycles. The maximum atomic E-state index is 14.5. The van der Waals surface area contributed by atoms with Crippen LogP contribution < -0.4 is 10.6 Å². The van der Waals surface area contributed by atoms with E-state index in [0.29, 0.717) is 49.8 Å². The number of fused-ring (bicyclic) bond motifs is 1. The van der Waals surface area contributed by atoms with Crippen LogP contribution in [0.3, 0.4) is 0 Å². The summed E-state index contributed by atoms with van der Waals surface area (Å²) in [5, 5.41) is 6.41. The van der Waals surface area contributed by atoms with Crippen LogP contribution in [-0.4, -0.2) is 40.5 Å². The van der Waals surface area contributed by atoms with Crippen molar-refractivity contribution in [2.75, 3.05) is 0 Å². The van der Waals surface area contributed by atoms with Crippen LogP contribution in [0.2, 0.25) is 0 Å². The van der Waals surface area contributed by atoms with Crippen molar-refractivity contribution in [3.05, 3.63) is 47.2 Å². The number of amides is 2. The number of piperidine rings is 1. The summed E-state index contributed by atoms with van der Waals surface area (Å²) in [5.74, 6) is 0.298. The molecule has 5 nitrogen and oxygen atoms in total. The van der Waals surface area contributed by atoms with Gasteiger partial charge in [0.25, 0.3) is 5.91 Å². The Labute approximate surface area is 189 Å². The number of benzene rings is 1. The Morgan fingerprint density at radius 1 is 1.25 bits per heavy atom. The molecule has 2 amide bonds. The number of nitrogens with one attached hydrogen (secondary N) is 2. The summed E-state index contributed by atoms with van der Waals surface area (Å²) in [4.78, 5) is 27.1. The van der Waals surface area contributed by atoms with Crippen molar-refractivity contribution in [1.82, 2.24) is 15.5 Å². The third-order valence-electron chi connectivity index (χ3n) is 8.07. The zero-order valence-corrected chi connectivity index (χ0v) is 19.0. The molecule has 1 saturated heterocycles. The molecule has 2 saturated carbocycles. The van der Waals surface area contributed by atoms with Crippen molar-refractivity contribution >= 4 is 11.8 Å². The van der Waals surface area contributed by atoms with Gasteiger partial charge in [-0.25, -0.2) is 4.39 Å². The number of rotatable bonds is 6. The third kappa shape index (κ3) is 4.09. The van der Waals surface area contributed by atoms with E-state index in [1.165, 1.54) is 18.4 Å². The largest absolute Gasteiger partial charge is 0.329 e. The standard InChI is InChI=1S/C26H34FN3O2/c1-16-7-10-23(24(31)28-16)30-15-20-14-18(8-9-21(20)25(30)32)13-19-5-3-4-6-22(19)29-17(2)26(27)11-12-26/h8-9,14,17,19,22-23,29H,1,3-7,10-13,15H2,2H3,(H,28,31)/t17-,19-,22+,23?/m1/s1. The predicted octanol–water partition coefficient (Wildman–Crippen LogP) is 4.02. The van der Waals surface area contributed by atoms with Gasteiger partial charge >= 0.3 is 0 Å². The van der Waals surface area contributed by atoms with Crippen LogP contribution in [0.25, 0.3) is 0 Å². The van der Waals surface area contributed by atoms with Crippen molar-refractivity contribution in [2.24, 2.45) is 5.92 Å². The van der Waals surface area contributed by atoms with E-state index in [1.54, 1.807) is 4.90 Å². The maximum absolute atomic E-state index is 14.5. The van der Waals surface area contributed by atoms with Crippen LogP contribution in [-0.2, 0) is 17.8 Å². The molecule has 1 aromatic carbocycles. The summed E-state index contributed by atoms with van der Waals surface area (Å²) in [6, 6.07) is 5.98. The minimum Gasteiger partial charge on any atom is -0.329 e. The fourth-order valence-electron chi connectivity index (χ4n) is 5.83. The predicted molar refractivity (Wildman–Crippen MR) is 122 cm³/mol. The first-order valence-electron chi connectivity index (χ1n) is 12.2. The maximum Gasteiger partial charge on any atom is 0.255 e. The zero-order valence-electron chi connectivity index (χ0n) is 19.0. The summed E-state index contributed by atoms with van der Waals surface area (Å²) < 4.78 is 14.5. The van der Waals surface area contributed by atoms with E-state index >= 15 is 0 Å². The fraction of sp³-hybridized carbons (Fsp3) is 0.615. The molecular weight excluding hydrogens is 405 g/mol. The Kier molecular flexibility index (Phi) is 5.60. The summed E-state index contributed by atoms with van der Waals surface area (Å²) in [6.07, 6.45) is 8.30. The first-order valence-corrected chi connectivity index (χ1v) is 12.2. The molecule has 0 spiro atoms. The average molecular weight is 440 g/mol. The van der Waals surface area contributed by atoms with Crippen LogP contribution in [0.4, 0.5) is 4.39 Å². The molecule has 5 rings (SSSR count). The SMILES string of the molecule is C=C1CCC(N2Cc3cc(C[C@H]4CCCC[C@@H]4N[C@H](C)C4(F)CC4)ccc3C2=O)C(=O)N1. The number of hydrogen-bond acceptors (Lipinski definition) is 3. The Morgan fingerprint density at radius 3 is 2.78 bits per heavy atom. The lowest BCUT2D eigenvalue weighted by atomic mass is 9.80. The second-order valence-corrected chi connectivity index (χ2v) is 10.3. The monoisotopic (exact) mass is 439 g/mol. The van der Waals surface area contributed by atoms with Gasteiger partial charge in [0.1, 0.15) is 11.7 Å². The summed E-state index contributed by atoms with van der Waals surface area (Å²) in [6.45, 7) is 6.31. The summed E-state index contributed by atoms with van der Waals surface area (Å²) >= 11 is 0. The van der Waals surface area contributed by atoms with E-state index in [2.05, 4.69) is 29.3 Å². The number of hydrogen-bond donors (Lipinski definition) is 2. The summed E-state index contributed by atoms with van der Waals surface area (Å²) in [5.41, 5.74) is 2.68. The van der Waals surface area contributed by atoms with Gasteiger partial charge in [0, 0.05) is 29.9 Å². The number of alkyl halides is 1. The van der Waals surface area contributed by atoms with Crippen LogP contribution in [0, 0.1) is 5.92 Å². The highest BCUT2D eigenvalue weighted by Gasteiger charge is 2.49. The first kappa shape index (κ1) is 21.6. The first-order chi connectivity index (χ1) is 15.3. The van der Waals surface area contributed by atoms with Crippen LogP contribution in [0.15, 0.2) is 30.5 Å². The molecule has 2 aliphatic heterocycles. The highest BCUT2D eigenvalue weighted by Crippen LogP contribution is 2.43. The number of nitrogens with zero attached hydrogens (tertiary/aromatic N) is 1. The lowest BCUT2D eigenvalue weighted by Gasteiger charge is -2.35. The molecule has 1 aromatic rings. The van der Waals surface area contributed by atoms with E-state index in [0.717, 1.165) is 30.5 Å². The Balaban J connectivity index is 1.27. The molecule has 32 heavy (non-hydrogen) atoms. The molecule has 2 aliphatic carbocycles. The van der Waals surface area contributed by atoms with Crippen molar-refractivity contribution in [3.63, 3.8) is 0 Å². The smallest absolute Gasteiger partial charge is 0.255 e. The lowest BCUT2D eigenvalue weighted by Crippen LogP contribution is -2.49. The van der Waals surface area contributed by atoms with Crippen molar-refractivity contribution < 1.29 is 14.0 Å². The number of carbonyl (C=O) groups is 2. The molecule has 3 fully saturated rings. The second-order valence-electron chi connectivity index (χ2n) is 10.3. The van der Waals surface area contributed by atoms with Crippen LogP contribution >= 0.6 is 0 Å². The van der Waals surface area contributed by atoms with Gasteiger partial charge in [-0.2, -0.15) is 0 Å². The normalized spacial score (nSPS) is 30.1. The topological polar surface area (TPSA) is 61.4 Å². The van der Waals surface area contributed by atoms with Gasteiger partial charge in [-0.15, -0.1) is 0 Å². The second kappa shape index (κ2) is 8.29. The molecule has 0 bridgehead atoms. The molecule has 2 N–H and O–H groups in total. The van der Waals surface area contributed by atoms with Crippen LogP contribution in [0.5, 0.6) is 0 Å². The average Bonchev–Trinajstić information content (AvgIpc) is 3.44. The van der Waals surface area contributed by atoms with E-state index in [1.807, 2.05) is 13.0 Å². The van der Waals surface area contributed by atoms with E-state index in [9.17, 15) is 14.0 Å². The van der Waals surface area contributed by atoms with E-state index in [4.69, 9.17) is 0 Å². The molecule has 0 radical (unpaired) electrons. The summed E-state index contributed by atoms with van der Waals surface area (Å²) in [7, 11) is 0. The Hall–Kier alpha value is -2.21. The lowest BCUT2D eigenvalue weighted by molar-refractivity contribution is -0.126. The van der Waals surface area contributed by atoms with Gasteiger partial charge in [0.05, 0.1) is 0 Å². The zero-order chi connectivity index (χ0) is 22.5. The van der Waals surface area contributed by atoms with Crippen molar-refractivity contribution in [2.45, 2.75) is 95.1 Å². The minimum absolute atomic E-state index is 0.0528. The highest BCUT2D eigenvalue weighted by atomic mass is 19.1.